The monoisotopic (exact) mass is 251 g/mol. The largest absolute Gasteiger partial charge is 0.492 e. The summed E-state index contributed by atoms with van der Waals surface area (Å²) >= 11 is 0. The Bertz CT molecular complexity index is 388. The zero-order valence-electron chi connectivity index (χ0n) is 12.3. The number of methoxy groups -OCH3 is 1. The third kappa shape index (κ3) is 3.47. The van der Waals surface area contributed by atoms with Gasteiger partial charge in [-0.05, 0) is 51.9 Å². The van der Waals surface area contributed by atoms with Crippen molar-refractivity contribution in [3.05, 3.63) is 29.3 Å². The van der Waals surface area contributed by atoms with Crippen molar-refractivity contribution in [1.29, 1.82) is 0 Å². The first-order chi connectivity index (χ1) is 8.42. The average Bonchev–Trinajstić information content (AvgIpc) is 2.34. The molecule has 3 heteroatoms. The lowest BCUT2D eigenvalue weighted by atomic mass is 9.99. The molecule has 3 nitrogen and oxygen atoms in total. The van der Waals surface area contributed by atoms with Gasteiger partial charge in [0, 0.05) is 7.11 Å². The fraction of sp³-hybridized carbons (Fsp3) is 0.600. The molecule has 0 saturated heterocycles. The standard InChI is InChI=1S/C15H25NO2/c1-11-8-7-9-13(12(11)2)18-10-14(16-5)15(3,4)17-6/h7-9,14,16H,10H2,1-6H3. The highest BCUT2D eigenvalue weighted by atomic mass is 16.5. The maximum Gasteiger partial charge on any atom is 0.122 e. The summed E-state index contributed by atoms with van der Waals surface area (Å²) in [7, 11) is 3.65. The topological polar surface area (TPSA) is 30.5 Å². The zero-order chi connectivity index (χ0) is 13.8. The fourth-order valence-corrected chi connectivity index (χ4v) is 1.83. The van der Waals surface area contributed by atoms with Gasteiger partial charge in [0.05, 0.1) is 11.6 Å². The molecule has 0 aliphatic heterocycles. The molecule has 0 spiro atoms. The SMILES string of the molecule is CNC(COc1cccc(C)c1C)C(C)(C)OC. The van der Waals surface area contributed by atoms with E-state index < -0.39 is 0 Å². The van der Waals surface area contributed by atoms with Gasteiger partial charge in [-0.15, -0.1) is 0 Å². The van der Waals surface area contributed by atoms with Gasteiger partial charge in [-0.25, -0.2) is 0 Å². The number of likely N-dealkylation sites (N-methyl/N-ethyl adjacent to an activating group) is 1. The molecule has 1 aromatic carbocycles. The minimum absolute atomic E-state index is 0.141. The summed E-state index contributed by atoms with van der Waals surface area (Å²) in [6.07, 6.45) is 0. The Morgan fingerprint density at radius 2 is 1.94 bits per heavy atom. The molecule has 1 N–H and O–H groups in total. The number of nitrogens with one attached hydrogen (secondary N) is 1. The molecule has 0 saturated carbocycles. The molecule has 1 atom stereocenters. The van der Waals surface area contributed by atoms with Crippen LogP contribution < -0.4 is 10.1 Å². The van der Waals surface area contributed by atoms with Crippen LogP contribution in [-0.2, 0) is 4.74 Å². The highest BCUT2D eigenvalue weighted by molar-refractivity contribution is 5.38. The van der Waals surface area contributed by atoms with Crippen LogP contribution in [-0.4, -0.2) is 32.4 Å². The van der Waals surface area contributed by atoms with Crippen LogP contribution in [0, 0.1) is 13.8 Å². The van der Waals surface area contributed by atoms with E-state index in [0.717, 1.165) is 5.75 Å². The van der Waals surface area contributed by atoms with Crippen LogP contribution in [0.25, 0.3) is 0 Å². The smallest absolute Gasteiger partial charge is 0.122 e. The Labute approximate surface area is 110 Å². The van der Waals surface area contributed by atoms with Crippen molar-refractivity contribution in [2.45, 2.75) is 39.3 Å². The van der Waals surface area contributed by atoms with Gasteiger partial charge in [-0.1, -0.05) is 12.1 Å². The second kappa shape index (κ2) is 6.21. The van der Waals surface area contributed by atoms with E-state index in [1.165, 1.54) is 11.1 Å². The Hall–Kier alpha value is -1.06. The fourth-order valence-electron chi connectivity index (χ4n) is 1.83. The number of benzene rings is 1. The summed E-state index contributed by atoms with van der Waals surface area (Å²) in [4.78, 5) is 0. The molecule has 0 radical (unpaired) electrons. The molecule has 1 aromatic rings. The molecule has 0 fully saturated rings. The van der Waals surface area contributed by atoms with E-state index >= 15 is 0 Å². The van der Waals surface area contributed by atoms with E-state index in [1.54, 1.807) is 7.11 Å². The second-order valence-electron chi connectivity index (χ2n) is 5.16. The second-order valence-corrected chi connectivity index (χ2v) is 5.16. The highest BCUT2D eigenvalue weighted by Gasteiger charge is 2.28. The van der Waals surface area contributed by atoms with Crippen molar-refractivity contribution in [1.82, 2.24) is 5.32 Å². The first-order valence-corrected chi connectivity index (χ1v) is 6.33. The van der Waals surface area contributed by atoms with Crippen LogP contribution in [0.3, 0.4) is 0 Å². The van der Waals surface area contributed by atoms with Gasteiger partial charge in [0.25, 0.3) is 0 Å². The maximum atomic E-state index is 5.92. The van der Waals surface area contributed by atoms with Crippen LogP contribution in [0.4, 0.5) is 0 Å². The average molecular weight is 251 g/mol. The lowest BCUT2D eigenvalue weighted by molar-refractivity contribution is -0.0205. The van der Waals surface area contributed by atoms with Crippen LogP contribution in [0.2, 0.25) is 0 Å². The van der Waals surface area contributed by atoms with Crippen LogP contribution >= 0.6 is 0 Å². The molecule has 0 aliphatic carbocycles. The number of aryl methyl sites for hydroxylation is 1. The maximum absolute atomic E-state index is 5.92. The van der Waals surface area contributed by atoms with E-state index in [1.807, 2.05) is 19.2 Å². The van der Waals surface area contributed by atoms with Gasteiger partial charge in [0.15, 0.2) is 0 Å². The van der Waals surface area contributed by atoms with Gasteiger partial charge >= 0.3 is 0 Å². The van der Waals surface area contributed by atoms with Crippen molar-refractivity contribution in [2.75, 3.05) is 20.8 Å². The summed E-state index contributed by atoms with van der Waals surface area (Å²) < 4.78 is 11.4. The van der Waals surface area contributed by atoms with Gasteiger partial charge in [0.1, 0.15) is 12.4 Å². The number of hydrogen-bond donors (Lipinski definition) is 1. The van der Waals surface area contributed by atoms with Gasteiger partial charge in [-0.3, -0.25) is 0 Å². The zero-order valence-corrected chi connectivity index (χ0v) is 12.3. The van der Waals surface area contributed by atoms with E-state index in [-0.39, 0.29) is 11.6 Å². The normalized spacial score (nSPS) is 13.4. The minimum atomic E-state index is -0.257. The van der Waals surface area contributed by atoms with E-state index in [0.29, 0.717) is 6.61 Å². The van der Waals surface area contributed by atoms with Gasteiger partial charge in [0.2, 0.25) is 0 Å². The van der Waals surface area contributed by atoms with Crippen LogP contribution in [0.15, 0.2) is 18.2 Å². The molecule has 0 amide bonds. The third-order valence-corrected chi connectivity index (χ3v) is 3.67. The summed E-state index contributed by atoms with van der Waals surface area (Å²) in [6.45, 7) is 8.88. The summed E-state index contributed by atoms with van der Waals surface area (Å²) in [6, 6.07) is 6.27. The molecule has 1 rings (SSSR count). The van der Waals surface area contributed by atoms with Crippen molar-refractivity contribution in [2.24, 2.45) is 0 Å². The molecule has 18 heavy (non-hydrogen) atoms. The summed E-state index contributed by atoms with van der Waals surface area (Å²) in [5.74, 6) is 0.946. The van der Waals surface area contributed by atoms with Crippen LogP contribution in [0.1, 0.15) is 25.0 Å². The van der Waals surface area contributed by atoms with Gasteiger partial charge < -0.3 is 14.8 Å². The quantitative estimate of drug-likeness (QED) is 0.843. The highest BCUT2D eigenvalue weighted by Crippen LogP contribution is 2.22. The molecular weight excluding hydrogens is 226 g/mol. The predicted octanol–water partition coefficient (Wildman–Crippen LogP) is 2.70. The first kappa shape index (κ1) is 15.0. The molecular formula is C15H25NO2. The predicted molar refractivity (Wildman–Crippen MR) is 75.3 cm³/mol. The van der Waals surface area contributed by atoms with E-state index in [4.69, 9.17) is 9.47 Å². The number of rotatable bonds is 6. The molecule has 0 bridgehead atoms. The summed E-state index contributed by atoms with van der Waals surface area (Å²) in [5, 5.41) is 3.25. The Kier molecular flexibility index (Phi) is 5.17. The molecule has 1 unspecified atom stereocenters. The Morgan fingerprint density at radius 1 is 1.28 bits per heavy atom. The third-order valence-electron chi connectivity index (χ3n) is 3.67. The Morgan fingerprint density at radius 3 is 2.50 bits per heavy atom. The summed E-state index contributed by atoms with van der Waals surface area (Å²) in [5.41, 5.74) is 2.19. The van der Waals surface area contributed by atoms with Crippen molar-refractivity contribution in [3.8, 4) is 5.75 Å². The number of hydrogen-bond acceptors (Lipinski definition) is 3. The molecule has 102 valence electrons. The van der Waals surface area contributed by atoms with Crippen molar-refractivity contribution < 1.29 is 9.47 Å². The van der Waals surface area contributed by atoms with Crippen molar-refractivity contribution in [3.63, 3.8) is 0 Å². The van der Waals surface area contributed by atoms with E-state index in [9.17, 15) is 0 Å². The lowest BCUT2D eigenvalue weighted by Gasteiger charge is -2.32. The van der Waals surface area contributed by atoms with Crippen molar-refractivity contribution >= 4 is 0 Å². The first-order valence-electron chi connectivity index (χ1n) is 6.33. The van der Waals surface area contributed by atoms with E-state index in [2.05, 4.69) is 39.1 Å². The molecule has 0 heterocycles. The minimum Gasteiger partial charge on any atom is -0.492 e. The van der Waals surface area contributed by atoms with Crippen LogP contribution in [0.5, 0.6) is 5.75 Å². The molecule has 0 aromatic heterocycles. The van der Waals surface area contributed by atoms with Gasteiger partial charge in [-0.2, -0.15) is 0 Å². The molecule has 0 aliphatic rings. The Balaban J connectivity index is 2.72. The lowest BCUT2D eigenvalue weighted by Crippen LogP contribution is -2.50. The number of ether oxygens (including phenoxy) is 2.